The standard InChI is InChI=1S/C18H16N2O2/c21-20-18(13-15-5-4-12-19-15)14-8-10-17(11-9-14)22-16-6-2-1-3-7-16/h1-12,19,21H,13H2. The van der Waals surface area contributed by atoms with E-state index >= 15 is 0 Å². The van der Waals surface area contributed by atoms with Crippen molar-refractivity contribution in [1.82, 2.24) is 4.98 Å². The molecule has 0 fully saturated rings. The molecule has 0 aliphatic heterocycles. The van der Waals surface area contributed by atoms with Crippen LogP contribution in [0.2, 0.25) is 0 Å². The molecule has 3 aromatic rings. The zero-order valence-corrected chi connectivity index (χ0v) is 11.9. The summed E-state index contributed by atoms with van der Waals surface area (Å²) in [6.07, 6.45) is 2.39. The number of nitrogens with zero attached hydrogens (tertiary/aromatic N) is 1. The molecule has 0 unspecified atom stereocenters. The Kier molecular flexibility index (Phi) is 4.20. The summed E-state index contributed by atoms with van der Waals surface area (Å²) in [6, 6.07) is 21.0. The van der Waals surface area contributed by atoms with Gasteiger partial charge in [0.05, 0.1) is 5.71 Å². The molecule has 4 nitrogen and oxygen atoms in total. The largest absolute Gasteiger partial charge is 0.457 e. The molecular formula is C18H16N2O2. The summed E-state index contributed by atoms with van der Waals surface area (Å²) >= 11 is 0. The molecule has 0 aliphatic rings. The normalized spacial score (nSPS) is 11.4. The number of ether oxygens (including phenoxy) is 1. The van der Waals surface area contributed by atoms with Gasteiger partial charge in [-0.3, -0.25) is 0 Å². The van der Waals surface area contributed by atoms with E-state index in [1.54, 1.807) is 0 Å². The van der Waals surface area contributed by atoms with Crippen molar-refractivity contribution in [2.75, 3.05) is 0 Å². The first-order chi connectivity index (χ1) is 10.8. The van der Waals surface area contributed by atoms with Crippen LogP contribution >= 0.6 is 0 Å². The van der Waals surface area contributed by atoms with Crippen LogP contribution in [-0.4, -0.2) is 15.9 Å². The van der Waals surface area contributed by atoms with Gasteiger partial charge in [0, 0.05) is 18.3 Å². The van der Waals surface area contributed by atoms with E-state index < -0.39 is 0 Å². The number of nitrogens with one attached hydrogen (secondary N) is 1. The maximum Gasteiger partial charge on any atom is 0.127 e. The van der Waals surface area contributed by atoms with Gasteiger partial charge in [-0.15, -0.1) is 0 Å². The number of para-hydroxylation sites is 1. The smallest absolute Gasteiger partial charge is 0.127 e. The second-order valence-corrected chi connectivity index (χ2v) is 4.86. The molecule has 22 heavy (non-hydrogen) atoms. The van der Waals surface area contributed by atoms with Gasteiger partial charge in [0.15, 0.2) is 0 Å². The maximum atomic E-state index is 9.23. The van der Waals surface area contributed by atoms with E-state index in [0.717, 1.165) is 22.8 Å². The lowest BCUT2D eigenvalue weighted by atomic mass is 10.1. The van der Waals surface area contributed by atoms with E-state index in [1.165, 1.54) is 0 Å². The third-order valence-corrected chi connectivity index (χ3v) is 3.31. The summed E-state index contributed by atoms with van der Waals surface area (Å²) in [5.74, 6) is 1.53. The van der Waals surface area contributed by atoms with E-state index in [-0.39, 0.29) is 0 Å². The number of aromatic nitrogens is 1. The number of hydrogen-bond acceptors (Lipinski definition) is 3. The van der Waals surface area contributed by atoms with Crippen molar-refractivity contribution in [3.05, 3.63) is 84.2 Å². The molecule has 0 aliphatic carbocycles. The van der Waals surface area contributed by atoms with E-state index in [4.69, 9.17) is 4.74 Å². The summed E-state index contributed by atoms with van der Waals surface area (Å²) < 4.78 is 5.74. The highest BCUT2D eigenvalue weighted by atomic mass is 16.5. The quantitative estimate of drug-likeness (QED) is 0.420. The Hall–Kier alpha value is -3.01. The number of aromatic amines is 1. The zero-order valence-electron chi connectivity index (χ0n) is 11.9. The maximum absolute atomic E-state index is 9.23. The van der Waals surface area contributed by atoms with Crippen molar-refractivity contribution >= 4 is 5.71 Å². The predicted octanol–water partition coefficient (Wildman–Crippen LogP) is 4.23. The molecule has 1 heterocycles. The minimum Gasteiger partial charge on any atom is -0.457 e. The molecule has 1 aromatic heterocycles. The van der Waals surface area contributed by atoms with Gasteiger partial charge in [0.25, 0.3) is 0 Å². The molecule has 0 bridgehead atoms. The third-order valence-electron chi connectivity index (χ3n) is 3.31. The zero-order chi connectivity index (χ0) is 15.2. The molecule has 110 valence electrons. The van der Waals surface area contributed by atoms with Gasteiger partial charge in [0.1, 0.15) is 11.5 Å². The Labute approximate surface area is 128 Å². The highest BCUT2D eigenvalue weighted by molar-refractivity contribution is 6.01. The Morgan fingerprint density at radius 3 is 2.27 bits per heavy atom. The van der Waals surface area contributed by atoms with Gasteiger partial charge < -0.3 is 14.9 Å². The van der Waals surface area contributed by atoms with Crippen LogP contribution in [0.5, 0.6) is 11.5 Å². The van der Waals surface area contributed by atoms with Crippen LogP contribution in [0.15, 0.2) is 78.1 Å². The van der Waals surface area contributed by atoms with Crippen LogP contribution in [0, 0.1) is 0 Å². The lowest BCUT2D eigenvalue weighted by Crippen LogP contribution is -2.05. The number of rotatable bonds is 5. The molecule has 0 radical (unpaired) electrons. The summed E-state index contributed by atoms with van der Waals surface area (Å²) in [6.45, 7) is 0. The van der Waals surface area contributed by atoms with Crippen LogP contribution in [0.1, 0.15) is 11.3 Å². The van der Waals surface area contributed by atoms with E-state index in [1.807, 2.05) is 72.9 Å². The average molecular weight is 292 g/mol. The minimum absolute atomic E-state index is 0.544. The number of oxime groups is 1. The fourth-order valence-electron chi connectivity index (χ4n) is 2.19. The van der Waals surface area contributed by atoms with Crippen LogP contribution in [0.3, 0.4) is 0 Å². The van der Waals surface area contributed by atoms with Crippen molar-refractivity contribution in [2.45, 2.75) is 6.42 Å². The molecule has 0 saturated heterocycles. The van der Waals surface area contributed by atoms with Crippen LogP contribution in [-0.2, 0) is 6.42 Å². The number of benzene rings is 2. The SMILES string of the molecule is ON=C(Cc1ccc[nH]1)c1ccc(Oc2ccccc2)cc1. The van der Waals surface area contributed by atoms with Crippen molar-refractivity contribution in [1.29, 1.82) is 0 Å². The summed E-state index contributed by atoms with van der Waals surface area (Å²) in [5.41, 5.74) is 2.46. The summed E-state index contributed by atoms with van der Waals surface area (Å²) in [4.78, 5) is 3.10. The predicted molar refractivity (Wildman–Crippen MR) is 85.8 cm³/mol. The highest BCUT2D eigenvalue weighted by Crippen LogP contribution is 2.21. The van der Waals surface area contributed by atoms with Gasteiger partial charge in [-0.2, -0.15) is 0 Å². The van der Waals surface area contributed by atoms with Crippen molar-refractivity contribution in [2.24, 2.45) is 5.16 Å². The van der Waals surface area contributed by atoms with Gasteiger partial charge in [0.2, 0.25) is 0 Å². The van der Waals surface area contributed by atoms with E-state index in [9.17, 15) is 5.21 Å². The van der Waals surface area contributed by atoms with Crippen molar-refractivity contribution in [3.8, 4) is 11.5 Å². The van der Waals surface area contributed by atoms with Crippen molar-refractivity contribution in [3.63, 3.8) is 0 Å². The molecule has 2 aromatic carbocycles. The lowest BCUT2D eigenvalue weighted by Gasteiger charge is -2.07. The second kappa shape index (κ2) is 6.63. The minimum atomic E-state index is 0.544. The lowest BCUT2D eigenvalue weighted by molar-refractivity contribution is 0.318. The first-order valence-electron chi connectivity index (χ1n) is 7.02. The van der Waals surface area contributed by atoms with Gasteiger partial charge >= 0.3 is 0 Å². The fraction of sp³-hybridized carbons (Fsp3) is 0.0556. The molecule has 0 spiro atoms. The first kappa shape index (κ1) is 13.9. The molecule has 2 N–H and O–H groups in total. The number of hydrogen-bond donors (Lipinski definition) is 2. The second-order valence-electron chi connectivity index (χ2n) is 4.86. The Morgan fingerprint density at radius 2 is 1.64 bits per heavy atom. The Morgan fingerprint density at radius 1 is 0.909 bits per heavy atom. The summed E-state index contributed by atoms with van der Waals surface area (Å²) in [7, 11) is 0. The number of H-pyrrole nitrogens is 1. The van der Waals surface area contributed by atoms with E-state index in [2.05, 4.69) is 10.1 Å². The Bertz CT molecular complexity index is 733. The topological polar surface area (TPSA) is 57.6 Å². The fourth-order valence-corrected chi connectivity index (χ4v) is 2.19. The van der Waals surface area contributed by atoms with Crippen LogP contribution < -0.4 is 4.74 Å². The van der Waals surface area contributed by atoms with Gasteiger partial charge in [-0.25, -0.2) is 0 Å². The molecule has 0 saturated carbocycles. The van der Waals surface area contributed by atoms with Crippen LogP contribution in [0.4, 0.5) is 0 Å². The molecule has 3 rings (SSSR count). The van der Waals surface area contributed by atoms with E-state index in [0.29, 0.717) is 12.1 Å². The average Bonchev–Trinajstić information content (AvgIpc) is 3.08. The molecule has 0 amide bonds. The Balaban J connectivity index is 1.73. The molecule has 4 heteroatoms. The summed E-state index contributed by atoms with van der Waals surface area (Å²) in [5, 5.41) is 12.6. The molecular weight excluding hydrogens is 276 g/mol. The monoisotopic (exact) mass is 292 g/mol. The molecule has 0 atom stereocenters. The van der Waals surface area contributed by atoms with Crippen LogP contribution in [0.25, 0.3) is 0 Å². The first-order valence-corrected chi connectivity index (χ1v) is 7.02. The van der Waals surface area contributed by atoms with Crippen molar-refractivity contribution < 1.29 is 9.94 Å². The highest BCUT2D eigenvalue weighted by Gasteiger charge is 2.07. The van der Waals surface area contributed by atoms with Gasteiger partial charge in [-0.1, -0.05) is 23.4 Å². The van der Waals surface area contributed by atoms with Gasteiger partial charge in [-0.05, 0) is 54.1 Å². The third kappa shape index (κ3) is 3.35.